The van der Waals surface area contributed by atoms with E-state index in [9.17, 15) is 4.79 Å². The number of pyridine rings is 1. The van der Waals surface area contributed by atoms with Gasteiger partial charge in [-0.05, 0) is 38.1 Å². The molecule has 0 atom stereocenters. The molecule has 2 rings (SSSR count). The van der Waals surface area contributed by atoms with Crippen LogP contribution in [0.5, 0.6) is 0 Å². The monoisotopic (exact) mass is 259 g/mol. The van der Waals surface area contributed by atoms with E-state index in [2.05, 4.69) is 4.98 Å². The lowest BCUT2D eigenvalue weighted by Crippen LogP contribution is -2.01. The number of hydrogen-bond acceptors (Lipinski definition) is 3. The molecule has 18 heavy (non-hydrogen) atoms. The van der Waals surface area contributed by atoms with E-state index in [1.165, 1.54) is 11.8 Å². The molecule has 0 saturated heterocycles. The van der Waals surface area contributed by atoms with E-state index in [4.69, 9.17) is 5.11 Å². The number of carboxylic acids is 1. The van der Waals surface area contributed by atoms with E-state index in [-0.39, 0.29) is 5.56 Å². The molecule has 0 aliphatic carbocycles. The zero-order chi connectivity index (χ0) is 13.1. The number of carboxylic acid groups (broad SMARTS) is 1. The Morgan fingerprint density at radius 3 is 2.67 bits per heavy atom. The third-order valence-electron chi connectivity index (χ3n) is 2.43. The van der Waals surface area contributed by atoms with Crippen LogP contribution in [0.25, 0.3) is 0 Å². The summed E-state index contributed by atoms with van der Waals surface area (Å²) >= 11 is 1.38. The number of hydrogen-bond donors (Lipinski definition) is 1. The van der Waals surface area contributed by atoms with Gasteiger partial charge < -0.3 is 5.11 Å². The van der Waals surface area contributed by atoms with Crippen molar-refractivity contribution >= 4 is 17.7 Å². The second kappa shape index (κ2) is 5.23. The highest BCUT2D eigenvalue weighted by atomic mass is 32.2. The predicted molar refractivity (Wildman–Crippen MR) is 71.2 cm³/mol. The lowest BCUT2D eigenvalue weighted by molar-refractivity contribution is 0.0692. The average molecular weight is 259 g/mol. The third kappa shape index (κ3) is 2.90. The summed E-state index contributed by atoms with van der Waals surface area (Å²) in [7, 11) is 0. The summed E-state index contributed by atoms with van der Waals surface area (Å²) < 4.78 is 0. The molecule has 0 fully saturated rings. The maximum absolute atomic E-state index is 11.1. The number of carbonyl (C=O) groups is 1. The second-order valence-electron chi connectivity index (χ2n) is 4.03. The summed E-state index contributed by atoms with van der Waals surface area (Å²) in [5.74, 6) is -0.947. The Bertz CT molecular complexity index is 596. The highest BCUT2D eigenvalue weighted by Gasteiger charge is 2.12. The molecule has 0 aliphatic rings. The molecule has 1 aromatic heterocycles. The number of aromatic nitrogens is 1. The van der Waals surface area contributed by atoms with E-state index in [1.54, 1.807) is 12.1 Å². The first-order valence-corrected chi connectivity index (χ1v) is 6.33. The minimum atomic E-state index is -0.947. The van der Waals surface area contributed by atoms with Gasteiger partial charge in [0.15, 0.2) is 0 Å². The van der Waals surface area contributed by atoms with Crippen molar-refractivity contribution in [1.82, 2.24) is 4.98 Å². The molecule has 0 unspecified atom stereocenters. The Labute approximate surface area is 110 Å². The van der Waals surface area contributed by atoms with Crippen molar-refractivity contribution in [3.8, 4) is 0 Å². The van der Waals surface area contributed by atoms with E-state index in [0.717, 1.165) is 16.2 Å². The van der Waals surface area contributed by atoms with Crippen LogP contribution < -0.4 is 0 Å². The van der Waals surface area contributed by atoms with Gasteiger partial charge in [0, 0.05) is 10.6 Å². The molecule has 0 radical (unpaired) electrons. The number of aromatic carboxylic acids is 1. The van der Waals surface area contributed by atoms with Gasteiger partial charge in [-0.3, -0.25) is 0 Å². The first kappa shape index (κ1) is 12.6. The van der Waals surface area contributed by atoms with Crippen molar-refractivity contribution in [2.75, 3.05) is 0 Å². The molecular weight excluding hydrogens is 246 g/mol. The normalized spacial score (nSPS) is 10.3. The Kier molecular flexibility index (Phi) is 3.67. The van der Waals surface area contributed by atoms with Gasteiger partial charge in [0.1, 0.15) is 5.03 Å². The van der Waals surface area contributed by atoms with Crippen LogP contribution in [0.4, 0.5) is 0 Å². The van der Waals surface area contributed by atoms with E-state index < -0.39 is 5.97 Å². The molecule has 1 N–H and O–H groups in total. The van der Waals surface area contributed by atoms with Crippen LogP contribution in [-0.2, 0) is 0 Å². The van der Waals surface area contributed by atoms with Crippen molar-refractivity contribution in [3.63, 3.8) is 0 Å². The molecule has 4 heteroatoms. The van der Waals surface area contributed by atoms with Gasteiger partial charge in [0.05, 0.1) is 5.56 Å². The van der Waals surface area contributed by atoms with Crippen LogP contribution in [-0.4, -0.2) is 16.1 Å². The fourth-order valence-corrected chi connectivity index (χ4v) is 2.63. The topological polar surface area (TPSA) is 50.2 Å². The van der Waals surface area contributed by atoms with Gasteiger partial charge in [-0.2, -0.15) is 0 Å². The van der Waals surface area contributed by atoms with Crippen LogP contribution in [0.3, 0.4) is 0 Å². The Morgan fingerprint density at radius 2 is 2.00 bits per heavy atom. The lowest BCUT2D eigenvalue weighted by Gasteiger charge is -2.06. The maximum Gasteiger partial charge on any atom is 0.338 e. The second-order valence-corrected chi connectivity index (χ2v) is 5.09. The quantitative estimate of drug-likeness (QED) is 0.915. The van der Waals surface area contributed by atoms with Gasteiger partial charge >= 0.3 is 5.97 Å². The molecule has 2 aromatic rings. The van der Waals surface area contributed by atoms with Crippen molar-refractivity contribution in [2.24, 2.45) is 0 Å². The van der Waals surface area contributed by atoms with Crippen molar-refractivity contribution in [2.45, 2.75) is 23.8 Å². The van der Waals surface area contributed by atoms with Crippen molar-refractivity contribution < 1.29 is 9.90 Å². The molecule has 3 nitrogen and oxygen atoms in total. The fourth-order valence-electron chi connectivity index (χ4n) is 1.56. The standard InChI is InChI=1S/C14H13NO2S/c1-9-4-3-5-11(8-9)18-13-12(14(16)17)7-6-10(2)15-13/h3-8H,1-2H3,(H,16,17). The number of benzene rings is 1. The van der Waals surface area contributed by atoms with Gasteiger partial charge in [-0.1, -0.05) is 29.5 Å². The summed E-state index contributed by atoms with van der Waals surface area (Å²) in [4.78, 5) is 16.4. The minimum absolute atomic E-state index is 0.243. The van der Waals surface area contributed by atoms with Crippen molar-refractivity contribution in [3.05, 3.63) is 53.2 Å². The summed E-state index contributed by atoms with van der Waals surface area (Å²) in [5.41, 5.74) is 2.20. The molecule has 0 saturated carbocycles. The van der Waals surface area contributed by atoms with E-state index >= 15 is 0 Å². The van der Waals surface area contributed by atoms with Crippen LogP contribution in [0.2, 0.25) is 0 Å². The van der Waals surface area contributed by atoms with Gasteiger partial charge in [0.25, 0.3) is 0 Å². The van der Waals surface area contributed by atoms with Crippen LogP contribution in [0.1, 0.15) is 21.6 Å². The zero-order valence-electron chi connectivity index (χ0n) is 10.2. The van der Waals surface area contributed by atoms with Gasteiger partial charge in [-0.15, -0.1) is 0 Å². The maximum atomic E-state index is 11.1. The van der Waals surface area contributed by atoms with Gasteiger partial charge in [-0.25, -0.2) is 9.78 Å². The third-order valence-corrected chi connectivity index (χ3v) is 3.43. The first-order chi connectivity index (χ1) is 8.56. The molecule has 1 aromatic carbocycles. The summed E-state index contributed by atoms with van der Waals surface area (Å²) in [5, 5.41) is 9.67. The molecule has 0 amide bonds. The van der Waals surface area contributed by atoms with Gasteiger partial charge in [0.2, 0.25) is 0 Å². The van der Waals surface area contributed by atoms with Crippen LogP contribution in [0, 0.1) is 13.8 Å². The number of nitrogens with zero attached hydrogens (tertiary/aromatic N) is 1. The number of rotatable bonds is 3. The smallest absolute Gasteiger partial charge is 0.338 e. The molecular formula is C14H13NO2S. The van der Waals surface area contributed by atoms with Crippen LogP contribution >= 0.6 is 11.8 Å². The Morgan fingerprint density at radius 1 is 1.22 bits per heavy atom. The highest BCUT2D eigenvalue weighted by molar-refractivity contribution is 7.99. The summed E-state index contributed by atoms with van der Waals surface area (Å²) in [6, 6.07) is 11.2. The molecule has 0 bridgehead atoms. The largest absolute Gasteiger partial charge is 0.478 e. The summed E-state index contributed by atoms with van der Waals surface area (Å²) in [6.45, 7) is 3.86. The highest BCUT2D eigenvalue weighted by Crippen LogP contribution is 2.29. The zero-order valence-corrected chi connectivity index (χ0v) is 11.0. The number of aryl methyl sites for hydroxylation is 2. The van der Waals surface area contributed by atoms with E-state index in [1.807, 2.05) is 38.1 Å². The fraction of sp³-hybridized carbons (Fsp3) is 0.143. The Balaban J connectivity index is 2.39. The lowest BCUT2D eigenvalue weighted by atomic mass is 10.2. The van der Waals surface area contributed by atoms with Crippen LogP contribution in [0.15, 0.2) is 46.3 Å². The molecule has 0 spiro atoms. The Hall–Kier alpha value is -1.81. The van der Waals surface area contributed by atoms with E-state index in [0.29, 0.717) is 5.03 Å². The average Bonchev–Trinajstić information content (AvgIpc) is 2.28. The predicted octanol–water partition coefficient (Wildman–Crippen LogP) is 3.55. The molecule has 92 valence electrons. The summed E-state index contributed by atoms with van der Waals surface area (Å²) in [6.07, 6.45) is 0. The SMILES string of the molecule is Cc1cccc(Sc2nc(C)ccc2C(=O)O)c1. The minimum Gasteiger partial charge on any atom is -0.478 e. The van der Waals surface area contributed by atoms with Crippen molar-refractivity contribution in [1.29, 1.82) is 0 Å². The first-order valence-electron chi connectivity index (χ1n) is 5.52. The molecule has 0 aliphatic heterocycles. The molecule has 1 heterocycles.